The van der Waals surface area contributed by atoms with Gasteiger partial charge in [0.25, 0.3) is 0 Å². The van der Waals surface area contributed by atoms with E-state index >= 15 is 0 Å². The standard InChI is InChI=1S/C19H22ClN5OS/c1-19(2,3)16-12-27-17(24-16)10-22-18(26)21-8-13-9-23-25(11-13)15-6-4-14(20)5-7-15/h4-7,9,11-12H,8,10H2,1-3H3,(H2,21,22,26). The highest BCUT2D eigenvalue weighted by Crippen LogP contribution is 2.23. The van der Waals surface area contributed by atoms with Crippen LogP contribution < -0.4 is 10.6 Å². The van der Waals surface area contributed by atoms with Crippen molar-refractivity contribution in [2.45, 2.75) is 39.3 Å². The summed E-state index contributed by atoms with van der Waals surface area (Å²) in [5.41, 5.74) is 2.87. The molecule has 1 aromatic carbocycles. The predicted molar refractivity (Wildman–Crippen MR) is 108 cm³/mol. The Kier molecular flexibility index (Phi) is 5.82. The number of hydrogen-bond donors (Lipinski definition) is 2. The fourth-order valence-electron chi connectivity index (χ4n) is 2.32. The number of aromatic nitrogens is 3. The Balaban J connectivity index is 1.48. The molecule has 0 bridgehead atoms. The van der Waals surface area contributed by atoms with Crippen molar-refractivity contribution in [1.29, 1.82) is 0 Å². The monoisotopic (exact) mass is 403 g/mol. The van der Waals surface area contributed by atoms with Crippen LogP contribution >= 0.6 is 22.9 Å². The van der Waals surface area contributed by atoms with Crippen LogP contribution in [-0.4, -0.2) is 20.8 Å². The van der Waals surface area contributed by atoms with Crippen molar-refractivity contribution in [3.63, 3.8) is 0 Å². The van der Waals surface area contributed by atoms with Crippen LogP contribution in [0.4, 0.5) is 4.79 Å². The smallest absolute Gasteiger partial charge is 0.315 e. The maximum absolute atomic E-state index is 12.0. The SMILES string of the molecule is CC(C)(C)c1csc(CNC(=O)NCc2cnn(-c3ccc(Cl)cc3)c2)n1. The molecule has 2 amide bonds. The molecule has 3 rings (SSSR count). The van der Waals surface area contributed by atoms with Crippen LogP contribution in [-0.2, 0) is 18.5 Å². The van der Waals surface area contributed by atoms with E-state index in [0.717, 1.165) is 22.0 Å². The first-order valence-electron chi connectivity index (χ1n) is 8.57. The summed E-state index contributed by atoms with van der Waals surface area (Å²) in [6, 6.07) is 7.17. The van der Waals surface area contributed by atoms with Crippen molar-refractivity contribution in [2.75, 3.05) is 0 Å². The number of carbonyl (C=O) groups is 1. The fraction of sp³-hybridized carbons (Fsp3) is 0.316. The Morgan fingerprint density at radius 1 is 1.19 bits per heavy atom. The number of urea groups is 1. The van der Waals surface area contributed by atoms with Gasteiger partial charge >= 0.3 is 6.03 Å². The third kappa shape index (κ3) is 5.30. The molecular weight excluding hydrogens is 382 g/mol. The molecule has 3 aromatic rings. The molecule has 0 fully saturated rings. The molecule has 0 radical (unpaired) electrons. The van der Waals surface area contributed by atoms with Crippen LogP contribution in [0.1, 0.15) is 37.0 Å². The second kappa shape index (κ2) is 8.10. The number of halogens is 1. The number of nitrogens with one attached hydrogen (secondary N) is 2. The Bertz CT molecular complexity index is 911. The average molecular weight is 404 g/mol. The number of carbonyl (C=O) groups excluding carboxylic acids is 1. The highest BCUT2D eigenvalue weighted by molar-refractivity contribution is 7.09. The van der Waals surface area contributed by atoms with Crippen LogP contribution in [0.5, 0.6) is 0 Å². The van der Waals surface area contributed by atoms with Gasteiger partial charge in [-0.1, -0.05) is 32.4 Å². The molecule has 2 aromatic heterocycles. The van der Waals surface area contributed by atoms with Gasteiger partial charge in [-0.25, -0.2) is 14.5 Å². The minimum absolute atomic E-state index is 0.0151. The number of benzene rings is 1. The minimum atomic E-state index is -0.234. The molecule has 142 valence electrons. The number of thiazole rings is 1. The molecular formula is C19H22ClN5OS. The summed E-state index contributed by atoms with van der Waals surface area (Å²) in [7, 11) is 0. The molecule has 0 unspecified atom stereocenters. The van der Waals surface area contributed by atoms with E-state index in [1.165, 1.54) is 0 Å². The van der Waals surface area contributed by atoms with E-state index in [2.05, 4.69) is 41.5 Å². The number of nitrogens with zero attached hydrogens (tertiary/aromatic N) is 3. The first-order valence-corrected chi connectivity index (χ1v) is 9.83. The number of rotatable bonds is 5. The molecule has 0 spiro atoms. The van der Waals surface area contributed by atoms with E-state index < -0.39 is 0 Å². The van der Waals surface area contributed by atoms with Gasteiger partial charge in [-0.05, 0) is 24.3 Å². The largest absolute Gasteiger partial charge is 0.334 e. The maximum atomic E-state index is 12.0. The molecule has 0 saturated carbocycles. The Hall–Kier alpha value is -2.38. The van der Waals surface area contributed by atoms with Gasteiger partial charge in [0, 0.05) is 34.1 Å². The Labute approximate surface area is 167 Å². The second-order valence-electron chi connectivity index (χ2n) is 7.18. The normalized spacial score (nSPS) is 11.4. The molecule has 2 N–H and O–H groups in total. The van der Waals surface area contributed by atoms with Crippen molar-refractivity contribution < 1.29 is 4.79 Å². The number of hydrogen-bond acceptors (Lipinski definition) is 4. The average Bonchev–Trinajstić information content (AvgIpc) is 3.28. The van der Waals surface area contributed by atoms with Crippen molar-refractivity contribution in [3.05, 3.63) is 63.3 Å². The van der Waals surface area contributed by atoms with E-state index in [-0.39, 0.29) is 11.4 Å². The lowest BCUT2D eigenvalue weighted by Crippen LogP contribution is -2.34. The molecule has 0 aliphatic rings. The van der Waals surface area contributed by atoms with E-state index in [0.29, 0.717) is 18.1 Å². The molecule has 0 aliphatic heterocycles. The van der Waals surface area contributed by atoms with E-state index in [1.807, 2.05) is 35.8 Å². The molecule has 8 heteroatoms. The van der Waals surface area contributed by atoms with Gasteiger partial charge in [0.2, 0.25) is 0 Å². The summed E-state index contributed by atoms with van der Waals surface area (Å²) in [6.07, 6.45) is 3.60. The topological polar surface area (TPSA) is 71.8 Å². The quantitative estimate of drug-likeness (QED) is 0.667. The summed E-state index contributed by atoms with van der Waals surface area (Å²) in [6.45, 7) is 7.17. The third-order valence-corrected chi connectivity index (χ3v) is 5.00. The highest BCUT2D eigenvalue weighted by atomic mass is 35.5. The molecule has 0 atom stereocenters. The van der Waals surface area contributed by atoms with Crippen LogP contribution in [0, 0.1) is 0 Å². The first kappa shape index (κ1) is 19.4. The minimum Gasteiger partial charge on any atom is -0.334 e. The zero-order chi connectivity index (χ0) is 19.4. The summed E-state index contributed by atoms with van der Waals surface area (Å²) in [5.74, 6) is 0. The van der Waals surface area contributed by atoms with Crippen molar-refractivity contribution in [2.24, 2.45) is 0 Å². The zero-order valence-electron chi connectivity index (χ0n) is 15.5. The molecule has 0 saturated heterocycles. The van der Waals surface area contributed by atoms with Gasteiger partial charge in [0.05, 0.1) is 24.1 Å². The van der Waals surface area contributed by atoms with E-state index in [9.17, 15) is 4.79 Å². The third-order valence-electron chi connectivity index (χ3n) is 3.90. The molecule has 2 heterocycles. The molecule has 27 heavy (non-hydrogen) atoms. The van der Waals surface area contributed by atoms with E-state index in [1.54, 1.807) is 22.2 Å². The summed E-state index contributed by atoms with van der Waals surface area (Å²) in [5, 5.41) is 13.6. The summed E-state index contributed by atoms with van der Waals surface area (Å²) >= 11 is 7.46. The van der Waals surface area contributed by atoms with Crippen molar-refractivity contribution in [1.82, 2.24) is 25.4 Å². The predicted octanol–water partition coefficient (Wildman–Crippen LogP) is 4.28. The highest BCUT2D eigenvalue weighted by Gasteiger charge is 2.17. The second-order valence-corrected chi connectivity index (χ2v) is 8.56. The van der Waals surface area contributed by atoms with Gasteiger partial charge in [-0.15, -0.1) is 11.3 Å². The van der Waals surface area contributed by atoms with Gasteiger partial charge in [-0.3, -0.25) is 0 Å². The molecule has 6 nitrogen and oxygen atoms in total. The van der Waals surface area contributed by atoms with Crippen molar-refractivity contribution >= 4 is 29.0 Å². The lowest BCUT2D eigenvalue weighted by atomic mass is 9.93. The van der Waals surface area contributed by atoms with Gasteiger partial charge in [0.1, 0.15) is 5.01 Å². The summed E-state index contributed by atoms with van der Waals surface area (Å²) in [4.78, 5) is 16.6. The van der Waals surface area contributed by atoms with E-state index in [4.69, 9.17) is 11.6 Å². The Morgan fingerprint density at radius 3 is 2.56 bits per heavy atom. The zero-order valence-corrected chi connectivity index (χ0v) is 17.1. The Morgan fingerprint density at radius 2 is 1.89 bits per heavy atom. The van der Waals surface area contributed by atoms with Crippen LogP contribution in [0.2, 0.25) is 5.02 Å². The van der Waals surface area contributed by atoms with Crippen LogP contribution in [0.3, 0.4) is 0 Å². The summed E-state index contributed by atoms with van der Waals surface area (Å²) < 4.78 is 1.74. The van der Waals surface area contributed by atoms with Gasteiger partial charge in [-0.2, -0.15) is 5.10 Å². The maximum Gasteiger partial charge on any atom is 0.315 e. The van der Waals surface area contributed by atoms with Gasteiger partial charge in [0.15, 0.2) is 0 Å². The van der Waals surface area contributed by atoms with Crippen LogP contribution in [0.25, 0.3) is 5.69 Å². The van der Waals surface area contributed by atoms with Gasteiger partial charge < -0.3 is 10.6 Å². The first-order chi connectivity index (χ1) is 12.8. The van der Waals surface area contributed by atoms with Crippen LogP contribution in [0.15, 0.2) is 42.0 Å². The lowest BCUT2D eigenvalue weighted by molar-refractivity contribution is 0.240. The number of amides is 2. The lowest BCUT2D eigenvalue weighted by Gasteiger charge is -2.14. The molecule has 0 aliphatic carbocycles. The van der Waals surface area contributed by atoms with Crippen molar-refractivity contribution in [3.8, 4) is 5.69 Å². The fourth-order valence-corrected chi connectivity index (χ4v) is 3.41.